The fourth-order valence-electron chi connectivity index (χ4n) is 2.99. The first kappa shape index (κ1) is 19.7. The highest BCUT2D eigenvalue weighted by molar-refractivity contribution is 7.12. The van der Waals surface area contributed by atoms with Crippen molar-refractivity contribution in [2.75, 3.05) is 40.4 Å². The maximum Gasteiger partial charge on any atom is 0.261 e. The molecule has 0 saturated heterocycles. The number of carbonyl (C=O) groups is 1. The lowest BCUT2D eigenvalue weighted by Gasteiger charge is -2.42. The monoisotopic (exact) mass is 366 g/mol. The molecule has 3 N–H and O–H groups in total. The van der Waals surface area contributed by atoms with Gasteiger partial charge in [0, 0.05) is 40.4 Å². The van der Waals surface area contributed by atoms with Crippen LogP contribution in [0.3, 0.4) is 0 Å². The highest BCUT2D eigenvalue weighted by Crippen LogP contribution is 2.43. The normalized spacial score (nSPS) is 16.2. The molecule has 7 heteroatoms. The predicted octanol–water partition coefficient (Wildman–Crippen LogP) is 2.24. The van der Waals surface area contributed by atoms with Gasteiger partial charge in [0.25, 0.3) is 5.91 Å². The molecule has 1 fully saturated rings. The molecule has 0 aromatic carbocycles. The lowest BCUT2D eigenvalue weighted by molar-refractivity contribution is 0.0732. The van der Waals surface area contributed by atoms with Gasteiger partial charge in [-0.3, -0.25) is 9.79 Å². The van der Waals surface area contributed by atoms with Crippen molar-refractivity contribution in [3.63, 3.8) is 0 Å². The number of carbonyl (C=O) groups excluding carboxylic acids is 1. The molecule has 0 spiro atoms. The Labute approximate surface area is 154 Å². The standard InChI is InChI=1S/C18H30N4O2S/c1-19-17(22-14-18(7-4-8-18)9-12-24-2)21-11-5-10-20-16(23)15-6-3-13-25-15/h3,6,13H,4-5,7-12,14H2,1-2H3,(H,20,23)(H2,19,21,22). The molecule has 140 valence electrons. The molecule has 1 aliphatic carbocycles. The summed E-state index contributed by atoms with van der Waals surface area (Å²) in [7, 11) is 3.55. The molecule has 25 heavy (non-hydrogen) atoms. The zero-order valence-electron chi connectivity index (χ0n) is 15.3. The number of nitrogens with zero attached hydrogens (tertiary/aromatic N) is 1. The first-order valence-electron chi connectivity index (χ1n) is 8.94. The summed E-state index contributed by atoms with van der Waals surface area (Å²) in [4.78, 5) is 16.9. The van der Waals surface area contributed by atoms with Crippen molar-refractivity contribution in [3.05, 3.63) is 22.4 Å². The third kappa shape index (κ3) is 6.32. The molecule has 1 amide bonds. The van der Waals surface area contributed by atoms with Crippen molar-refractivity contribution in [2.45, 2.75) is 32.1 Å². The maximum absolute atomic E-state index is 11.8. The van der Waals surface area contributed by atoms with Gasteiger partial charge in [-0.2, -0.15) is 0 Å². The minimum atomic E-state index is 0.00238. The third-order valence-electron chi connectivity index (χ3n) is 4.78. The Hall–Kier alpha value is -1.60. The summed E-state index contributed by atoms with van der Waals surface area (Å²) in [6.07, 6.45) is 5.78. The van der Waals surface area contributed by atoms with Crippen molar-refractivity contribution in [2.24, 2.45) is 10.4 Å². The number of hydrogen-bond donors (Lipinski definition) is 3. The molecular formula is C18H30N4O2S. The van der Waals surface area contributed by atoms with Crippen LogP contribution in [-0.4, -0.2) is 52.3 Å². The zero-order valence-corrected chi connectivity index (χ0v) is 16.1. The summed E-state index contributed by atoms with van der Waals surface area (Å²) in [6.45, 7) is 3.18. The average molecular weight is 367 g/mol. The second kappa shape index (κ2) is 10.4. The smallest absolute Gasteiger partial charge is 0.261 e. The van der Waals surface area contributed by atoms with E-state index in [4.69, 9.17) is 4.74 Å². The summed E-state index contributed by atoms with van der Waals surface area (Å²) in [5.74, 6) is 0.829. The van der Waals surface area contributed by atoms with Gasteiger partial charge in [0.2, 0.25) is 0 Å². The van der Waals surface area contributed by atoms with E-state index in [2.05, 4.69) is 20.9 Å². The highest BCUT2D eigenvalue weighted by Gasteiger charge is 2.36. The average Bonchev–Trinajstić information content (AvgIpc) is 3.12. The topological polar surface area (TPSA) is 74.8 Å². The minimum absolute atomic E-state index is 0.00238. The molecule has 1 aromatic rings. The van der Waals surface area contributed by atoms with Crippen LogP contribution in [0.25, 0.3) is 0 Å². The summed E-state index contributed by atoms with van der Waals surface area (Å²) >= 11 is 1.46. The van der Waals surface area contributed by atoms with Gasteiger partial charge in [0.15, 0.2) is 5.96 Å². The first-order valence-corrected chi connectivity index (χ1v) is 9.82. The van der Waals surface area contributed by atoms with Crippen LogP contribution in [0.15, 0.2) is 22.5 Å². The van der Waals surface area contributed by atoms with E-state index in [9.17, 15) is 4.79 Å². The van der Waals surface area contributed by atoms with Crippen LogP contribution < -0.4 is 16.0 Å². The molecule has 6 nitrogen and oxygen atoms in total. The summed E-state index contributed by atoms with van der Waals surface area (Å²) in [5, 5.41) is 11.6. The highest BCUT2D eigenvalue weighted by atomic mass is 32.1. The van der Waals surface area contributed by atoms with Gasteiger partial charge in [0.1, 0.15) is 0 Å². The van der Waals surface area contributed by atoms with E-state index in [0.717, 1.165) is 43.4 Å². The Kier molecular flexibility index (Phi) is 8.21. The van der Waals surface area contributed by atoms with Crippen LogP contribution in [0.4, 0.5) is 0 Å². The Balaban J connectivity index is 1.59. The summed E-state index contributed by atoms with van der Waals surface area (Å²) < 4.78 is 5.24. The SMILES string of the molecule is CN=C(NCCCNC(=O)c1cccs1)NCC1(CCOC)CCC1. The molecule has 1 aliphatic rings. The maximum atomic E-state index is 11.8. The molecule has 0 unspecified atom stereocenters. The molecule has 2 rings (SSSR count). The van der Waals surface area contributed by atoms with E-state index in [1.165, 1.54) is 30.6 Å². The Morgan fingerprint density at radius 3 is 2.72 bits per heavy atom. The number of guanidine groups is 1. The molecule has 0 aliphatic heterocycles. The second-order valence-electron chi connectivity index (χ2n) is 6.54. The number of thiophene rings is 1. The minimum Gasteiger partial charge on any atom is -0.385 e. The first-order chi connectivity index (χ1) is 12.2. The van der Waals surface area contributed by atoms with Crippen molar-refractivity contribution in [3.8, 4) is 0 Å². The van der Waals surface area contributed by atoms with E-state index in [0.29, 0.717) is 12.0 Å². The molecule has 0 radical (unpaired) electrons. The molecule has 1 saturated carbocycles. The molecular weight excluding hydrogens is 336 g/mol. The van der Waals surface area contributed by atoms with E-state index in [1.807, 2.05) is 17.5 Å². The van der Waals surface area contributed by atoms with Gasteiger partial charge >= 0.3 is 0 Å². The zero-order chi connectivity index (χ0) is 18.0. The van der Waals surface area contributed by atoms with E-state index < -0.39 is 0 Å². The number of rotatable bonds is 10. The van der Waals surface area contributed by atoms with Crippen molar-refractivity contribution >= 4 is 23.2 Å². The fraction of sp³-hybridized carbons (Fsp3) is 0.667. The number of nitrogens with one attached hydrogen (secondary N) is 3. The van der Waals surface area contributed by atoms with Crippen LogP contribution in [0.5, 0.6) is 0 Å². The Morgan fingerprint density at radius 2 is 2.12 bits per heavy atom. The second-order valence-corrected chi connectivity index (χ2v) is 7.48. The van der Waals surface area contributed by atoms with Gasteiger partial charge in [-0.1, -0.05) is 12.5 Å². The fourth-order valence-corrected chi connectivity index (χ4v) is 3.63. The molecule has 1 heterocycles. The van der Waals surface area contributed by atoms with Gasteiger partial charge in [-0.05, 0) is 42.5 Å². The van der Waals surface area contributed by atoms with Crippen LogP contribution in [0.2, 0.25) is 0 Å². The summed E-state index contributed by atoms with van der Waals surface area (Å²) in [6, 6.07) is 3.72. The van der Waals surface area contributed by atoms with Gasteiger partial charge in [0.05, 0.1) is 4.88 Å². The number of hydrogen-bond acceptors (Lipinski definition) is 4. The lowest BCUT2D eigenvalue weighted by Crippen LogP contribution is -2.47. The Bertz CT molecular complexity index is 541. The van der Waals surface area contributed by atoms with Crippen molar-refractivity contribution < 1.29 is 9.53 Å². The van der Waals surface area contributed by atoms with Crippen LogP contribution in [-0.2, 0) is 4.74 Å². The summed E-state index contributed by atoms with van der Waals surface area (Å²) in [5.41, 5.74) is 0.363. The quantitative estimate of drug-likeness (QED) is 0.337. The van der Waals surface area contributed by atoms with E-state index in [-0.39, 0.29) is 5.91 Å². The number of aliphatic imine (C=N–C) groups is 1. The largest absolute Gasteiger partial charge is 0.385 e. The number of methoxy groups -OCH3 is 1. The molecule has 1 aromatic heterocycles. The van der Waals surface area contributed by atoms with Gasteiger partial charge in [-0.25, -0.2) is 0 Å². The number of ether oxygens (including phenoxy) is 1. The lowest BCUT2D eigenvalue weighted by atomic mass is 9.67. The molecule has 0 atom stereocenters. The Morgan fingerprint density at radius 1 is 1.32 bits per heavy atom. The number of amides is 1. The van der Waals surface area contributed by atoms with E-state index >= 15 is 0 Å². The van der Waals surface area contributed by atoms with Crippen LogP contribution in [0, 0.1) is 5.41 Å². The molecule has 0 bridgehead atoms. The third-order valence-corrected chi connectivity index (χ3v) is 5.65. The van der Waals surface area contributed by atoms with Crippen LogP contribution in [0.1, 0.15) is 41.8 Å². The van der Waals surface area contributed by atoms with Crippen LogP contribution >= 0.6 is 11.3 Å². The van der Waals surface area contributed by atoms with Gasteiger partial charge in [-0.15, -0.1) is 11.3 Å². The van der Waals surface area contributed by atoms with Crippen molar-refractivity contribution in [1.29, 1.82) is 0 Å². The van der Waals surface area contributed by atoms with Crippen molar-refractivity contribution in [1.82, 2.24) is 16.0 Å². The predicted molar refractivity (Wildman–Crippen MR) is 103 cm³/mol. The van der Waals surface area contributed by atoms with E-state index in [1.54, 1.807) is 14.2 Å². The van der Waals surface area contributed by atoms with Gasteiger partial charge < -0.3 is 20.7 Å².